The lowest BCUT2D eigenvalue weighted by Crippen LogP contribution is -2.47. The van der Waals surface area contributed by atoms with Crippen LogP contribution in [0.3, 0.4) is 0 Å². The number of aryl methyl sites for hydroxylation is 1. The number of hydrogen-bond acceptors (Lipinski definition) is 6. The van der Waals surface area contributed by atoms with Crippen LogP contribution in [0.4, 0.5) is 0 Å². The molecule has 1 N–H and O–H groups in total. The van der Waals surface area contributed by atoms with Crippen LogP contribution < -0.4 is 0 Å². The van der Waals surface area contributed by atoms with Crippen LogP contribution in [-0.2, 0) is 4.74 Å². The van der Waals surface area contributed by atoms with Crippen LogP contribution in [0, 0.1) is 6.92 Å². The number of ether oxygens (including phenoxy) is 1. The fourth-order valence-corrected chi connectivity index (χ4v) is 4.67. The first-order valence-corrected chi connectivity index (χ1v) is 9.32. The maximum Gasteiger partial charge on any atom is 0.230 e. The van der Waals surface area contributed by atoms with Crippen LogP contribution in [-0.4, -0.2) is 49.9 Å². The summed E-state index contributed by atoms with van der Waals surface area (Å²) in [5.41, 5.74) is 2.38. The van der Waals surface area contributed by atoms with Gasteiger partial charge in [0.05, 0.1) is 23.1 Å². The highest BCUT2D eigenvalue weighted by Crippen LogP contribution is 2.40. The Morgan fingerprint density at radius 1 is 1.20 bits per heavy atom. The zero-order chi connectivity index (χ0) is 17.6. The molecule has 0 saturated carbocycles. The van der Waals surface area contributed by atoms with Crippen molar-refractivity contribution in [3.05, 3.63) is 46.6 Å². The fourth-order valence-electron chi connectivity index (χ4n) is 3.58. The van der Waals surface area contributed by atoms with Crippen LogP contribution in [0.15, 0.2) is 30.6 Å². The maximum absolute atomic E-state index is 10.7. The van der Waals surface area contributed by atoms with Crippen LogP contribution in [0.1, 0.15) is 35.9 Å². The van der Waals surface area contributed by atoms with Gasteiger partial charge < -0.3 is 9.84 Å². The van der Waals surface area contributed by atoms with Gasteiger partial charge in [0.15, 0.2) is 0 Å². The summed E-state index contributed by atoms with van der Waals surface area (Å²) in [7, 11) is 0. The van der Waals surface area contributed by atoms with E-state index >= 15 is 0 Å². The van der Waals surface area contributed by atoms with E-state index in [9.17, 15) is 5.11 Å². The summed E-state index contributed by atoms with van der Waals surface area (Å²) in [6.45, 7) is 7.90. The smallest absolute Gasteiger partial charge is 0.230 e. The van der Waals surface area contributed by atoms with Crippen molar-refractivity contribution >= 4 is 16.3 Å². The average molecular weight is 358 g/mol. The quantitative estimate of drug-likeness (QED) is 0.780. The molecule has 3 heterocycles. The maximum atomic E-state index is 10.7. The zero-order valence-corrected chi connectivity index (χ0v) is 15.4. The third-order valence-corrected chi connectivity index (χ3v) is 5.68. The molecule has 1 saturated heterocycles. The first kappa shape index (κ1) is 16.5. The molecule has 3 atom stereocenters. The van der Waals surface area contributed by atoms with E-state index in [0.717, 1.165) is 23.5 Å². The summed E-state index contributed by atoms with van der Waals surface area (Å²) in [6.07, 6.45) is 1.77. The topological polar surface area (TPSA) is 62.9 Å². The SMILES string of the molecule is Cc1ccc([C@H](c2sc3ncnn3c2O)N2C[C@@H](C)O[C@@H](C)C2)cc1. The summed E-state index contributed by atoms with van der Waals surface area (Å²) in [5.74, 6) is 0.176. The van der Waals surface area contributed by atoms with Crippen LogP contribution in [0.25, 0.3) is 4.96 Å². The summed E-state index contributed by atoms with van der Waals surface area (Å²) in [4.78, 5) is 8.20. The van der Waals surface area contributed by atoms with Crippen molar-refractivity contribution in [3.8, 4) is 5.88 Å². The Morgan fingerprint density at radius 2 is 1.88 bits per heavy atom. The van der Waals surface area contributed by atoms with Gasteiger partial charge in [-0.1, -0.05) is 41.2 Å². The molecule has 6 nitrogen and oxygen atoms in total. The number of fused-ring (bicyclic) bond motifs is 1. The molecule has 4 rings (SSSR count). The normalized spacial score (nSPS) is 23.2. The van der Waals surface area contributed by atoms with Crippen LogP contribution in [0.2, 0.25) is 0 Å². The molecule has 1 fully saturated rings. The predicted molar refractivity (Wildman–Crippen MR) is 97.1 cm³/mol. The van der Waals surface area contributed by atoms with E-state index in [0.29, 0.717) is 4.96 Å². The standard InChI is InChI=1S/C18H22N4O2S/c1-11-4-6-14(7-5-11)15(21-8-12(2)24-13(3)9-21)16-17(23)22-18(25-16)19-10-20-22/h4-7,10,12-13,15,23H,8-9H2,1-3H3/t12-,13+,15-/m1/s1. The molecule has 0 unspecified atom stereocenters. The Bertz CT molecular complexity index is 863. The van der Waals surface area contributed by atoms with E-state index in [1.54, 1.807) is 0 Å². The highest BCUT2D eigenvalue weighted by atomic mass is 32.1. The van der Waals surface area contributed by atoms with E-state index in [-0.39, 0.29) is 24.1 Å². The lowest BCUT2D eigenvalue weighted by Gasteiger charge is -2.40. The number of benzene rings is 1. The molecular formula is C18H22N4O2S. The van der Waals surface area contributed by atoms with Gasteiger partial charge in [-0.15, -0.1) is 0 Å². The third kappa shape index (κ3) is 3.03. The average Bonchev–Trinajstić information content (AvgIpc) is 3.13. The molecule has 1 aliphatic heterocycles. The van der Waals surface area contributed by atoms with Crippen molar-refractivity contribution < 1.29 is 9.84 Å². The summed E-state index contributed by atoms with van der Waals surface area (Å²) in [5, 5.41) is 14.9. The monoisotopic (exact) mass is 358 g/mol. The lowest BCUT2D eigenvalue weighted by molar-refractivity contribution is -0.0764. The zero-order valence-electron chi connectivity index (χ0n) is 14.6. The van der Waals surface area contributed by atoms with Crippen LogP contribution in [0.5, 0.6) is 5.88 Å². The Labute approximate surface area is 150 Å². The van der Waals surface area contributed by atoms with Crippen molar-refractivity contribution in [2.45, 2.75) is 39.0 Å². The van der Waals surface area contributed by atoms with E-state index < -0.39 is 0 Å². The Morgan fingerprint density at radius 3 is 2.52 bits per heavy atom. The second-order valence-corrected chi connectivity index (χ2v) is 7.78. The van der Waals surface area contributed by atoms with Crippen LogP contribution >= 0.6 is 11.3 Å². The first-order chi connectivity index (χ1) is 12.0. The Kier molecular flexibility index (Phi) is 4.23. The van der Waals surface area contributed by atoms with Gasteiger partial charge >= 0.3 is 0 Å². The molecule has 0 spiro atoms. The van der Waals surface area contributed by atoms with Crippen molar-refractivity contribution in [2.75, 3.05) is 13.1 Å². The van der Waals surface area contributed by atoms with Gasteiger partial charge in [-0.25, -0.2) is 4.98 Å². The van der Waals surface area contributed by atoms with E-state index in [2.05, 4.69) is 60.0 Å². The van der Waals surface area contributed by atoms with Gasteiger partial charge in [0, 0.05) is 13.1 Å². The fraction of sp³-hybridized carbons (Fsp3) is 0.444. The number of thiazole rings is 1. The van der Waals surface area contributed by atoms with E-state index in [1.165, 1.54) is 27.7 Å². The van der Waals surface area contributed by atoms with Gasteiger partial charge in [-0.2, -0.15) is 9.61 Å². The van der Waals surface area contributed by atoms with Crippen molar-refractivity contribution in [1.29, 1.82) is 0 Å². The second kappa shape index (κ2) is 6.40. The molecule has 132 valence electrons. The Balaban J connectivity index is 1.81. The largest absolute Gasteiger partial charge is 0.492 e. The molecule has 3 aromatic rings. The number of rotatable bonds is 3. The van der Waals surface area contributed by atoms with E-state index in [1.807, 2.05) is 0 Å². The summed E-state index contributed by atoms with van der Waals surface area (Å²) < 4.78 is 7.41. The second-order valence-electron chi connectivity index (χ2n) is 6.77. The number of hydrogen-bond donors (Lipinski definition) is 1. The van der Waals surface area contributed by atoms with Gasteiger partial charge in [0.25, 0.3) is 0 Å². The van der Waals surface area contributed by atoms with Crippen molar-refractivity contribution in [2.24, 2.45) is 0 Å². The van der Waals surface area contributed by atoms with Gasteiger partial charge in [-0.05, 0) is 26.3 Å². The van der Waals surface area contributed by atoms with E-state index in [4.69, 9.17) is 4.74 Å². The first-order valence-electron chi connectivity index (χ1n) is 8.50. The predicted octanol–water partition coefficient (Wildman–Crippen LogP) is 3.00. The molecule has 7 heteroatoms. The third-order valence-electron chi connectivity index (χ3n) is 4.59. The molecular weight excluding hydrogens is 336 g/mol. The Hall–Kier alpha value is -1.96. The van der Waals surface area contributed by atoms with Gasteiger partial charge in [0.1, 0.15) is 6.33 Å². The minimum atomic E-state index is -0.0390. The lowest BCUT2D eigenvalue weighted by atomic mass is 10.0. The number of aromatic hydroxyl groups is 1. The van der Waals surface area contributed by atoms with Gasteiger partial charge in [-0.3, -0.25) is 4.90 Å². The van der Waals surface area contributed by atoms with Gasteiger partial charge in [0.2, 0.25) is 10.8 Å². The number of nitrogens with zero attached hydrogens (tertiary/aromatic N) is 4. The number of morpholine rings is 1. The molecule has 25 heavy (non-hydrogen) atoms. The molecule has 1 aliphatic rings. The minimum absolute atomic E-state index is 0.0390. The molecule has 0 radical (unpaired) electrons. The molecule has 0 bridgehead atoms. The summed E-state index contributed by atoms with van der Waals surface area (Å²) in [6, 6.07) is 8.47. The highest BCUT2D eigenvalue weighted by Gasteiger charge is 2.33. The van der Waals surface area contributed by atoms with Crippen molar-refractivity contribution in [3.63, 3.8) is 0 Å². The summed E-state index contributed by atoms with van der Waals surface area (Å²) >= 11 is 1.49. The molecule has 0 amide bonds. The molecule has 2 aromatic heterocycles. The molecule has 0 aliphatic carbocycles. The number of aromatic nitrogens is 3. The highest BCUT2D eigenvalue weighted by molar-refractivity contribution is 7.17. The minimum Gasteiger partial charge on any atom is -0.492 e. The molecule has 1 aromatic carbocycles. The van der Waals surface area contributed by atoms with Crippen molar-refractivity contribution in [1.82, 2.24) is 19.5 Å².